The lowest BCUT2D eigenvalue weighted by Gasteiger charge is -2.09. The van der Waals surface area contributed by atoms with Crippen LogP contribution in [-0.4, -0.2) is 0 Å². The van der Waals surface area contributed by atoms with Gasteiger partial charge in [-0.1, -0.05) is 35.9 Å². The van der Waals surface area contributed by atoms with E-state index in [4.69, 9.17) is 21.6 Å². The molecule has 0 fully saturated rings. The van der Waals surface area contributed by atoms with E-state index in [9.17, 15) is 4.39 Å². The van der Waals surface area contributed by atoms with Crippen molar-refractivity contribution in [2.45, 2.75) is 6.61 Å². The normalized spacial score (nSPS) is 10.4. The molecule has 0 aliphatic heterocycles. The van der Waals surface area contributed by atoms with E-state index in [0.29, 0.717) is 16.3 Å². The van der Waals surface area contributed by atoms with Crippen LogP contribution in [0.5, 0.6) is 5.75 Å². The molecule has 0 radical (unpaired) electrons. The zero-order valence-electron chi connectivity index (χ0n) is 10.5. The van der Waals surface area contributed by atoms with Crippen molar-refractivity contribution in [3.05, 3.63) is 70.5 Å². The van der Waals surface area contributed by atoms with Crippen molar-refractivity contribution >= 4 is 17.7 Å². The van der Waals surface area contributed by atoms with Gasteiger partial charge in [-0.05, 0) is 29.8 Å². The van der Waals surface area contributed by atoms with E-state index >= 15 is 0 Å². The van der Waals surface area contributed by atoms with Crippen LogP contribution in [0.25, 0.3) is 6.08 Å². The van der Waals surface area contributed by atoms with E-state index in [1.807, 2.05) is 6.07 Å². The molecule has 0 aromatic heterocycles. The maximum Gasteiger partial charge on any atom is 0.138 e. The van der Waals surface area contributed by atoms with Crippen LogP contribution in [0.1, 0.15) is 11.1 Å². The molecule has 2 nitrogen and oxygen atoms in total. The number of allylic oxidation sites excluding steroid dienone is 1. The number of benzene rings is 2. The Morgan fingerprint density at radius 2 is 2.05 bits per heavy atom. The largest absolute Gasteiger partial charge is 0.487 e. The molecular weight excluding hydrogens is 277 g/mol. The summed E-state index contributed by atoms with van der Waals surface area (Å²) >= 11 is 6.08. The first kappa shape index (κ1) is 14.1. The third-order valence-corrected chi connectivity index (χ3v) is 2.94. The molecule has 0 amide bonds. The van der Waals surface area contributed by atoms with Gasteiger partial charge >= 0.3 is 0 Å². The molecule has 0 saturated heterocycles. The zero-order valence-corrected chi connectivity index (χ0v) is 11.3. The van der Waals surface area contributed by atoms with Crippen molar-refractivity contribution in [1.82, 2.24) is 0 Å². The molecular formula is C16H11ClFNO. The molecule has 2 aromatic rings. The Kier molecular flexibility index (Phi) is 4.75. The summed E-state index contributed by atoms with van der Waals surface area (Å²) in [6, 6.07) is 13.5. The number of rotatable bonds is 4. The van der Waals surface area contributed by atoms with E-state index in [-0.39, 0.29) is 12.4 Å². The van der Waals surface area contributed by atoms with Gasteiger partial charge < -0.3 is 4.74 Å². The maximum absolute atomic E-state index is 13.4. The number of ether oxygens (including phenoxy) is 1. The Balaban J connectivity index is 2.09. The van der Waals surface area contributed by atoms with Crippen molar-refractivity contribution in [3.8, 4) is 11.8 Å². The molecule has 4 heteroatoms. The van der Waals surface area contributed by atoms with Gasteiger partial charge in [-0.15, -0.1) is 0 Å². The van der Waals surface area contributed by atoms with Gasteiger partial charge in [0.1, 0.15) is 18.2 Å². The minimum absolute atomic E-state index is 0.111. The van der Waals surface area contributed by atoms with Gasteiger partial charge in [0.25, 0.3) is 0 Å². The highest BCUT2D eigenvalue weighted by atomic mass is 35.5. The highest BCUT2D eigenvalue weighted by Crippen LogP contribution is 2.27. The van der Waals surface area contributed by atoms with E-state index < -0.39 is 0 Å². The van der Waals surface area contributed by atoms with Crippen LogP contribution in [0.2, 0.25) is 5.02 Å². The maximum atomic E-state index is 13.4. The van der Waals surface area contributed by atoms with E-state index in [0.717, 1.165) is 5.56 Å². The highest BCUT2D eigenvalue weighted by Gasteiger charge is 2.05. The number of nitriles is 1. The number of halogens is 2. The zero-order chi connectivity index (χ0) is 14.4. The Labute approximate surface area is 121 Å². The quantitative estimate of drug-likeness (QED) is 0.770. The SMILES string of the molecule is N#C/C=C/c1ccc(OCc2ccccc2F)c(Cl)c1. The summed E-state index contributed by atoms with van der Waals surface area (Å²) in [5.74, 6) is 0.168. The Bertz CT molecular complexity index is 676. The molecule has 0 bridgehead atoms. The number of hydrogen-bond acceptors (Lipinski definition) is 2. The lowest BCUT2D eigenvalue weighted by Crippen LogP contribution is -1.98. The summed E-state index contributed by atoms with van der Waals surface area (Å²) in [6.07, 6.45) is 3.01. The Hall–Kier alpha value is -2.31. The summed E-state index contributed by atoms with van der Waals surface area (Å²) in [7, 11) is 0. The predicted octanol–water partition coefficient (Wildman–Crippen LogP) is 4.59. The van der Waals surface area contributed by atoms with Crippen LogP contribution in [0.4, 0.5) is 4.39 Å². The standard InChI is InChI=1S/C16H11ClFNO/c17-14-10-12(4-3-9-19)7-8-16(14)20-11-13-5-1-2-6-15(13)18/h1-8,10H,11H2/b4-3+. The Morgan fingerprint density at radius 1 is 1.25 bits per heavy atom. The highest BCUT2D eigenvalue weighted by molar-refractivity contribution is 6.32. The second kappa shape index (κ2) is 6.74. The van der Waals surface area contributed by atoms with E-state index in [2.05, 4.69) is 0 Å². The average molecular weight is 288 g/mol. The van der Waals surface area contributed by atoms with Crippen LogP contribution in [0.15, 0.2) is 48.5 Å². The topological polar surface area (TPSA) is 33.0 Å². The minimum Gasteiger partial charge on any atom is -0.487 e. The summed E-state index contributed by atoms with van der Waals surface area (Å²) in [5, 5.41) is 8.88. The van der Waals surface area contributed by atoms with Gasteiger partial charge in [0.15, 0.2) is 0 Å². The minimum atomic E-state index is -0.308. The molecule has 0 atom stereocenters. The van der Waals surface area contributed by atoms with Crippen LogP contribution >= 0.6 is 11.6 Å². The number of hydrogen-bond donors (Lipinski definition) is 0. The molecule has 0 N–H and O–H groups in total. The molecule has 0 unspecified atom stereocenters. The fraction of sp³-hybridized carbons (Fsp3) is 0.0625. The van der Waals surface area contributed by atoms with Gasteiger partial charge in [-0.25, -0.2) is 4.39 Å². The lowest BCUT2D eigenvalue weighted by atomic mass is 10.2. The van der Waals surface area contributed by atoms with E-state index in [1.54, 1.807) is 42.5 Å². The molecule has 0 aliphatic carbocycles. The summed E-state index contributed by atoms with van der Waals surface area (Å²) in [5.41, 5.74) is 1.27. The number of nitrogens with zero attached hydrogens (tertiary/aromatic N) is 1. The van der Waals surface area contributed by atoms with Crippen LogP contribution < -0.4 is 4.74 Å². The van der Waals surface area contributed by atoms with Crippen molar-refractivity contribution in [3.63, 3.8) is 0 Å². The molecule has 2 rings (SSSR count). The second-order valence-corrected chi connectivity index (χ2v) is 4.44. The van der Waals surface area contributed by atoms with Gasteiger partial charge in [-0.2, -0.15) is 5.26 Å². The van der Waals surface area contributed by atoms with Crippen molar-refractivity contribution in [1.29, 1.82) is 5.26 Å². The molecule has 0 spiro atoms. The van der Waals surface area contributed by atoms with Crippen LogP contribution in [-0.2, 0) is 6.61 Å². The van der Waals surface area contributed by atoms with Crippen molar-refractivity contribution in [2.24, 2.45) is 0 Å². The van der Waals surface area contributed by atoms with E-state index in [1.165, 1.54) is 12.1 Å². The smallest absolute Gasteiger partial charge is 0.138 e. The molecule has 0 aliphatic rings. The molecule has 0 saturated carbocycles. The first-order valence-electron chi connectivity index (χ1n) is 5.92. The monoisotopic (exact) mass is 287 g/mol. The lowest BCUT2D eigenvalue weighted by molar-refractivity contribution is 0.300. The van der Waals surface area contributed by atoms with Crippen LogP contribution in [0, 0.1) is 17.1 Å². The summed E-state index contributed by atoms with van der Waals surface area (Å²) in [6.45, 7) is 0.111. The fourth-order valence-electron chi connectivity index (χ4n) is 1.64. The average Bonchev–Trinajstić information content (AvgIpc) is 2.45. The van der Waals surface area contributed by atoms with Crippen molar-refractivity contribution < 1.29 is 9.13 Å². The fourth-order valence-corrected chi connectivity index (χ4v) is 1.89. The summed E-state index contributed by atoms with van der Waals surface area (Å²) in [4.78, 5) is 0. The molecule has 20 heavy (non-hydrogen) atoms. The first-order chi connectivity index (χ1) is 9.70. The Morgan fingerprint density at radius 3 is 2.75 bits per heavy atom. The van der Waals surface area contributed by atoms with Crippen molar-refractivity contribution in [2.75, 3.05) is 0 Å². The van der Waals surface area contributed by atoms with Gasteiger partial charge in [0.05, 0.1) is 11.1 Å². The summed E-state index contributed by atoms with van der Waals surface area (Å²) < 4.78 is 18.9. The van der Waals surface area contributed by atoms with Gasteiger partial charge in [-0.3, -0.25) is 0 Å². The van der Waals surface area contributed by atoms with Gasteiger partial charge in [0.2, 0.25) is 0 Å². The second-order valence-electron chi connectivity index (χ2n) is 4.03. The van der Waals surface area contributed by atoms with Crippen LogP contribution in [0.3, 0.4) is 0 Å². The predicted molar refractivity (Wildman–Crippen MR) is 76.8 cm³/mol. The third-order valence-electron chi connectivity index (χ3n) is 2.65. The third kappa shape index (κ3) is 3.59. The first-order valence-corrected chi connectivity index (χ1v) is 6.30. The molecule has 2 aromatic carbocycles. The molecule has 100 valence electrons. The molecule has 0 heterocycles. The van der Waals surface area contributed by atoms with Gasteiger partial charge in [0, 0.05) is 11.6 Å².